The van der Waals surface area contributed by atoms with E-state index in [0.29, 0.717) is 0 Å². The van der Waals surface area contributed by atoms with Crippen LogP contribution in [0.15, 0.2) is 121 Å². The van der Waals surface area contributed by atoms with E-state index < -0.39 is 0 Å². The van der Waals surface area contributed by atoms with E-state index in [1.165, 1.54) is 56.4 Å². The number of hydrogen-bond donors (Lipinski definition) is 0. The van der Waals surface area contributed by atoms with Crippen molar-refractivity contribution in [1.29, 1.82) is 0 Å². The van der Waals surface area contributed by atoms with Crippen LogP contribution >= 0.6 is 7.92 Å². The molecule has 0 N–H and O–H groups in total. The number of fused-ring (bicyclic) bond motifs is 4. The Morgan fingerprint density at radius 3 is 2.11 bits per heavy atom. The molecule has 0 spiro atoms. The van der Waals surface area contributed by atoms with E-state index in [0.717, 1.165) is 0 Å². The molecule has 0 aliphatic carbocycles. The Balaban J connectivity index is 0.000000195. The van der Waals surface area contributed by atoms with Gasteiger partial charge in [-0.2, -0.15) is 18.2 Å². The maximum atomic E-state index is 2.44. The number of hydrogen-bond acceptors (Lipinski definition) is 0. The molecule has 6 aromatic rings. The van der Waals surface area contributed by atoms with Crippen LogP contribution in [0.2, 0.25) is 0 Å². The van der Waals surface area contributed by atoms with Crippen molar-refractivity contribution in [2.24, 2.45) is 0 Å². The molecule has 7 rings (SSSR count). The molecule has 0 saturated heterocycles. The molecule has 0 fully saturated rings. The first-order valence-corrected chi connectivity index (χ1v) is 13.6. The summed E-state index contributed by atoms with van der Waals surface area (Å²) in [7, 11) is -0.172. The Morgan fingerprint density at radius 1 is 0.649 bits per heavy atom. The second-order valence-electron chi connectivity index (χ2n) is 8.89. The van der Waals surface area contributed by atoms with Crippen LogP contribution in [-0.2, 0) is 26.2 Å². The average Bonchev–Trinajstić information content (AvgIpc) is 3.52. The van der Waals surface area contributed by atoms with Crippen LogP contribution in [-0.4, -0.2) is 6.16 Å². The first-order chi connectivity index (χ1) is 16.8. The number of halogens is 2. The first kappa shape index (κ1) is 28.8. The third kappa shape index (κ3) is 5.45. The Bertz CT molecular complexity index is 1580. The zero-order chi connectivity index (χ0) is 22.9. The predicted molar refractivity (Wildman–Crippen MR) is 151 cm³/mol. The maximum Gasteiger partial charge on any atom is 4.00 e. The fourth-order valence-corrected chi connectivity index (χ4v) is 7.75. The summed E-state index contributed by atoms with van der Waals surface area (Å²) in [6.07, 6.45) is 2.55. The zero-order valence-electron chi connectivity index (χ0n) is 20.7. The van der Waals surface area contributed by atoms with Crippen molar-refractivity contribution >= 4 is 40.1 Å². The zero-order valence-corrected chi connectivity index (χ0v) is 24.0. The second-order valence-corrected chi connectivity index (χ2v) is 11.2. The third-order valence-electron chi connectivity index (χ3n) is 6.74. The standard InChI is InChI=1S/C18H16P.C15H11.2FH.Zr/c1-2-10-19-14-11-13-6-5-8-15(17(13)12-14)16-7-3-4-9-18(16)19;1-2-6-12(7-3-1)14-10-4-8-13-9-5-11-15(13)14;;;/h3-9,11-12H,2,10H2,1H3;1-11H;2*1H;/q2*-1;;;+4/p-2. The van der Waals surface area contributed by atoms with Crippen LogP contribution < -0.4 is 20.0 Å². The Kier molecular flexibility index (Phi) is 9.89. The molecule has 0 radical (unpaired) electrons. The molecule has 1 unspecified atom stereocenters. The van der Waals surface area contributed by atoms with Gasteiger partial charge in [-0.1, -0.05) is 99.1 Å². The van der Waals surface area contributed by atoms with E-state index >= 15 is 0 Å². The van der Waals surface area contributed by atoms with Gasteiger partial charge >= 0.3 is 26.2 Å². The van der Waals surface area contributed by atoms with Gasteiger partial charge in [0.05, 0.1) is 0 Å². The summed E-state index contributed by atoms with van der Waals surface area (Å²) in [6, 6.07) is 44.0. The predicted octanol–water partition coefficient (Wildman–Crippen LogP) is 2.61. The van der Waals surface area contributed by atoms with Crippen molar-refractivity contribution in [3.8, 4) is 22.3 Å². The van der Waals surface area contributed by atoms with Gasteiger partial charge in [-0.25, -0.2) is 0 Å². The van der Waals surface area contributed by atoms with Crippen LogP contribution in [0.1, 0.15) is 13.3 Å². The van der Waals surface area contributed by atoms with Gasteiger partial charge in [-0.3, -0.25) is 0 Å². The molecular formula is C33H27F2PZr. The molecule has 1 atom stereocenters. The normalized spacial score (nSPS) is 12.8. The van der Waals surface area contributed by atoms with Crippen molar-refractivity contribution in [3.05, 3.63) is 121 Å². The Hall–Kier alpha value is -2.73. The van der Waals surface area contributed by atoms with Gasteiger partial charge in [-0.15, -0.1) is 63.2 Å². The van der Waals surface area contributed by atoms with Crippen LogP contribution in [0, 0.1) is 0 Å². The molecule has 4 heteroatoms. The molecule has 0 saturated carbocycles. The van der Waals surface area contributed by atoms with Crippen molar-refractivity contribution < 1.29 is 35.6 Å². The first-order valence-electron chi connectivity index (χ1n) is 12.1. The topological polar surface area (TPSA) is 0 Å². The van der Waals surface area contributed by atoms with Crippen molar-refractivity contribution in [3.63, 3.8) is 0 Å². The Morgan fingerprint density at radius 2 is 1.32 bits per heavy atom. The van der Waals surface area contributed by atoms with Crippen LogP contribution in [0.25, 0.3) is 43.8 Å². The summed E-state index contributed by atoms with van der Waals surface area (Å²) in [5, 5.41) is 8.62. The molecule has 0 aromatic heterocycles. The fraction of sp³-hybridized carbons (Fsp3) is 0.0909. The molecule has 6 aromatic carbocycles. The van der Waals surface area contributed by atoms with Crippen LogP contribution in [0.4, 0.5) is 0 Å². The van der Waals surface area contributed by atoms with Gasteiger partial charge in [0.2, 0.25) is 0 Å². The van der Waals surface area contributed by atoms with Crippen LogP contribution in [0.5, 0.6) is 0 Å². The van der Waals surface area contributed by atoms with E-state index in [2.05, 4.69) is 128 Å². The molecule has 1 aliphatic heterocycles. The quantitative estimate of drug-likeness (QED) is 0.222. The third-order valence-corrected chi connectivity index (χ3v) is 9.49. The molecule has 1 aliphatic rings. The molecule has 1 heterocycles. The number of benzene rings is 4. The molecular weight excluding hydrogens is 557 g/mol. The Labute approximate surface area is 237 Å². The van der Waals surface area contributed by atoms with E-state index in [1.807, 2.05) is 0 Å². The minimum atomic E-state index is -0.172. The minimum Gasteiger partial charge on any atom is -1.00 e. The minimum absolute atomic E-state index is 0. The van der Waals surface area contributed by atoms with Crippen molar-refractivity contribution in [1.82, 2.24) is 0 Å². The van der Waals surface area contributed by atoms with E-state index in [-0.39, 0.29) is 43.5 Å². The SMILES string of the molecule is CCCP1c2cc3c(cccc3[cH-]2)-c2ccccc21.[F-].[F-].[Zr+4].c1ccc(-c2cccc3[cH-]ccc23)cc1. The molecule has 0 nitrogen and oxygen atoms in total. The van der Waals surface area contributed by atoms with Crippen molar-refractivity contribution in [2.45, 2.75) is 13.3 Å². The van der Waals surface area contributed by atoms with Crippen LogP contribution in [0.3, 0.4) is 0 Å². The van der Waals surface area contributed by atoms with Gasteiger partial charge in [0.15, 0.2) is 0 Å². The summed E-state index contributed by atoms with van der Waals surface area (Å²) in [4.78, 5) is 0. The van der Waals surface area contributed by atoms with Gasteiger partial charge in [0.25, 0.3) is 0 Å². The molecule has 0 amide bonds. The van der Waals surface area contributed by atoms with E-state index in [9.17, 15) is 0 Å². The van der Waals surface area contributed by atoms with Gasteiger partial charge in [0.1, 0.15) is 0 Å². The monoisotopic (exact) mass is 582 g/mol. The second kappa shape index (κ2) is 12.7. The maximum absolute atomic E-state index is 2.44. The summed E-state index contributed by atoms with van der Waals surface area (Å²) in [5.74, 6) is 0. The summed E-state index contributed by atoms with van der Waals surface area (Å²) in [6.45, 7) is 2.29. The smallest absolute Gasteiger partial charge is 1.00 e. The van der Waals surface area contributed by atoms with Gasteiger partial charge in [0, 0.05) is 0 Å². The largest absolute Gasteiger partial charge is 4.00 e. The van der Waals surface area contributed by atoms with Gasteiger partial charge in [-0.05, 0) is 22.6 Å². The summed E-state index contributed by atoms with van der Waals surface area (Å²) < 4.78 is 0. The van der Waals surface area contributed by atoms with E-state index in [1.54, 1.807) is 10.6 Å². The molecule has 2 bridgehead atoms. The molecule has 182 valence electrons. The van der Waals surface area contributed by atoms with E-state index in [4.69, 9.17) is 0 Å². The fourth-order valence-electron chi connectivity index (χ4n) is 5.19. The molecule has 37 heavy (non-hydrogen) atoms. The number of rotatable bonds is 3. The average molecular weight is 584 g/mol. The van der Waals surface area contributed by atoms with Gasteiger partial charge < -0.3 is 9.41 Å². The van der Waals surface area contributed by atoms with Crippen molar-refractivity contribution in [2.75, 3.05) is 6.16 Å². The summed E-state index contributed by atoms with van der Waals surface area (Å²) in [5.41, 5.74) is 5.48. The summed E-state index contributed by atoms with van der Waals surface area (Å²) >= 11 is 0.